The highest BCUT2D eigenvalue weighted by molar-refractivity contribution is 7.17. The van der Waals surface area contributed by atoms with Gasteiger partial charge in [-0.1, -0.05) is 30.3 Å². The van der Waals surface area contributed by atoms with Crippen molar-refractivity contribution in [3.8, 4) is 0 Å². The first-order valence-corrected chi connectivity index (χ1v) is 5.64. The summed E-state index contributed by atoms with van der Waals surface area (Å²) in [7, 11) is 6.75. The summed E-state index contributed by atoms with van der Waals surface area (Å²) >= 11 is 0. The van der Waals surface area contributed by atoms with E-state index in [1.807, 2.05) is 42.1 Å². The van der Waals surface area contributed by atoms with Crippen molar-refractivity contribution < 1.29 is 0 Å². The van der Waals surface area contributed by atoms with Gasteiger partial charge in [-0.15, -0.1) is 9.24 Å². The third-order valence-corrected chi connectivity index (χ3v) is 3.81. The lowest BCUT2D eigenvalue weighted by Gasteiger charge is -2.22. The standard InChI is InChI=1S/C11H16N3P/c1-13-9(8-6-4-3-5-7-8)10(15)14(2)11(13)12/h3-7,9-10,12H,15H2,1-2H3/t9-,10-/m0/s1. The summed E-state index contributed by atoms with van der Waals surface area (Å²) in [6.07, 6.45) is 0. The Morgan fingerprint density at radius 3 is 2.20 bits per heavy atom. The minimum absolute atomic E-state index is 0.258. The van der Waals surface area contributed by atoms with Gasteiger partial charge in [-0.25, -0.2) is 0 Å². The maximum Gasteiger partial charge on any atom is 0.194 e. The number of likely N-dealkylation sites (N-methyl/N-ethyl adjacent to an activating group) is 2. The molecule has 1 N–H and O–H groups in total. The van der Waals surface area contributed by atoms with Gasteiger partial charge in [0.25, 0.3) is 0 Å². The molecule has 0 spiro atoms. The predicted molar refractivity (Wildman–Crippen MR) is 65.9 cm³/mol. The molecule has 15 heavy (non-hydrogen) atoms. The molecule has 0 aromatic heterocycles. The van der Waals surface area contributed by atoms with E-state index in [9.17, 15) is 0 Å². The van der Waals surface area contributed by atoms with Crippen LogP contribution in [0.5, 0.6) is 0 Å². The topological polar surface area (TPSA) is 30.3 Å². The van der Waals surface area contributed by atoms with Crippen LogP contribution in [0.3, 0.4) is 0 Å². The van der Waals surface area contributed by atoms with Crippen LogP contribution in [0.15, 0.2) is 30.3 Å². The average Bonchev–Trinajstić information content (AvgIpc) is 2.45. The van der Waals surface area contributed by atoms with Crippen LogP contribution in [0.1, 0.15) is 11.6 Å². The second-order valence-electron chi connectivity index (χ2n) is 3.89. The van der Waals surface area contributed by atoms with Gasteiger partial charge in [-0.05, 0) is 5.56 Å². The summed E-state index contributed by atoms with van der Waals surface area (Å²) in [5.74, 6) is 0.841. The van der Waals surface area contributed by atoms with E-state index < -0.39 is 0 Å². The molecule has 0 bridgehead atoms. The zero-order valence-electron chi connectivity index (χ0n) is 9.01. The molecule has 0 radical (unpaired) electrons. The lowest BCUT2D eigenvalue weighted by Crippen LogP contribution is -2.28. The zero-order chi connectivity index (χ0) is 11.0. The Balaban J connectivity index is 2.35. The van der Waals surface area contributed by atoms with Gasteiger partial charge >= 0.3 is 0 Å². The summed E-state index contributed by atoms with van der Waals surface area (Å²) in [5, 5.41) is 7.91. The predicted octanol–water partition coefficient (Wildman–Crippen LogP) is 1.74. The van der Waals surface area contributed by atoms with Crippen LogP contribution >= 0.6 is 9.24 Å². The Kier molecular flexibility index (Phi) is 2.66. The Bertz CT molecular complexity index is 365. The molecule has 0 amide bonds. The molecule has 2 rings (SSSR count). The van der Waals surface area contributed by atoms with E-state index in [-0.39, 0.29) is 11.8 Å². The SMILES string of the molecule is CN1C(=N)N(C)[C@@H](c2ccccc2)[C@@H]1P. The van der Waals surface area contributed by atoms with Crippen LogP contribution < -0.4 is 0 Å². The highest BCUT2D eigenvalue weighted by Gasteiger charge is 2.37. The molecule has 1 fully saturated rings. The average molecular weight is 221 g/mol. The Labute approximate surface area is 92.8 Å². The van der Waals surface area contributed by atoms with Gasteiger partial charge in [-0.3, -0.25) is 5.41 Å². The summed E-state index contributed by atoms with van der Waals surface area (Å²) < 4.78 is 0. The van der Waals surface area contributed by atoms with Crippen molar-refractivity contribution >= 4 is 15.2 Å². The normalized spacial score (nSPS) is 26.2. The zero-order valence-corrected chi connectivity index (χ0v) is 10.2. The number of benzene rings is 1. The molecular formula is C11H16N3P. The fourth-order valence-electron chi connectivity index (χ4n) is 2.03. The molecule has 0 saturated carbocycles. The fraction of sp³-hybridized carbons (Fsp3) is 0.364. The van der Waals surface area contributed by atoms with E-state index in [4.69, 9.17) is 5.41 Å². The largest absolute Gasteiger partial charge is 0.337 e. The van der Waals surface area contributed by atoms with E-state index in [1.54, 1.807) is 0 Å². The van der Waals surface area contributed by atoms with Crippen LogP contribution in [0.2, 0.25) is 0 Å². The summed E-state index contributed by atoms with van der Waals surface area (Å²) in [5.41, 5.74) is 1.26. The fourth-order valence-corrected chi connectivity index (χ4v) is 2.66. The molecule has 1 unspecified atom stereocenters. The van der Waals surface area contributed by atoms with E-state index in [0.29, 0.717) is 5.96 Å². The Hall–Kier alpha value is -1.08. The monoisotopic (exact) mass is 221 g/mol. The molecule has 1 saturated heterocycles. The van der Waals surface area contributed by atoms with Crippen molar-refractivity contribution in [3.63, 3.8) is 0 Å². The second-order valence-corrected chi connectivity index (χ2v) is 4.57. The number of hydrogen-bond acceptors (Lipinski definition) is 1. The van der Waals surface area contributed by atoms with Gasteiger partial charge in [-0.2, -0.15) is 0 Å². The van der Waals surface area contributed by atoms with Crippen LogP contribution in [0.25, 0.3) is 0 Å². The minimum Gasteiger partial charge on any atom is -0.337 e. The number of guanidine groups is 1. The lowest BCUT2D eigenvalue weighted by molar-refractivity contribution is 0.389. The van der Waals surface area contributed by atoms with Gasteiger partial charge in [0.15, 0.2) is 5.96 Å². The first-order valence-electron chi connectivity index (χ1n) is 4.97. The summed E-state index contributed by atoms with van der Waals surface area (Å²) in [6, 6.07) is 10.6. The highest BCUT2D eigenvalue weighted by Crippen LogP contribution is 2.35. The summed E-state index contributed by atoms with van der Waals surface area (Å²) in [4.78, 5) is 3.98. The smallest absolute Gasteiger partial charge is 0.194 e. The minimum atomic E-state index is 0.258. The van der Waals surface area contributed by atoms with E-state index >= 15 is 0 Å². The number of rotatable bonds is 1. The van der Waals surface area contributed by atoms with E-state index in [2.05, 4.69) is 21.4 Å². The van der Waals surface area contributed by atoms with Gasteiger partial charge in [0, 0.05) is 14.1 Å². The number of hydrogen-bond donors (Lipinski definition) is 1. The van der Waals surface area contributed by atoms with Crippen molar-refractivity contribution in [1.29, 1.82) is 5.41 Å². The molecule has 4 heteroatoms. The lowest BCUT2D eigenvalue weighted by atomic mass is 10.1. The van der Waals surface area contributed by atoms with Gasteiger partial charge in [0.1, 0.15) is 0 Å². The molecule has 80 valence electrons. The van der Waals surface area contributed by atoms with Gasteiger partial charge < -0.3 is 9.80 Å². The van der Waals surface area contributed by atoms with E-state index in [1.165, 1.54) is 5.56 Å². The third kappa shape index (κ3) is 1.61. The van der Waals surface area contributed by atoms with Crippen molar-refractivity contribution in [1.82, 2.24) is 9.80 Å². The van der Waals surface area contributed by atoms with Crippen LogP contribution in [-0.2, 0) is 0 Å². The quantitative estimate of drug-likeness (QED) is 0.732. The summed E-state index contributed by atoms with van der Waals surface area (Å²) in [6.45, 7) is 0. The van der Waals surface area contributed by atoms with Crippen molar-refractivity contribution in [3.05, 3.63) is 35.9 Å². The third-order valence-electron chi connectivity index (χ3n) is 3.00. The molecule has 3 nitrogen and oxygen atoms in total. The van der Waals surface area contributed by atoms with E-state index in [0.717, 1.165) is 0 Å². The molecule has 3 atom stereocenters. The maximum absolute atomic E-state index is 7.91. The molecule has 1 aromatic carbocycles. The first kappa shape index (κ1) is 10.4. The van der Waals surface area contributed by atoms with Gasteiger partial charge in [0.2, 0.25) is 0 Å². The first-order chi connectivity index (χ1) is 7.13. The van der Waals surface area contributed by atoms with Crippen molar-refractivity contribution in [2.24, 2.45) is 0 Å². The van der Waals surface area contributed by atoms with Crippen LogP contribution in [-0.4, -0.2) is 35.6 Å². The molecular weight excluding hydrogens is 205 g/mol. The second kappa shape index (κ2) is 3.82. The Morgan fingerprint density at radius 2 is 1.73 bits per heavy atom. The molecule has 1 aliphatic rings. The molecule has 1 heterocycles. The Morgan fingerprint density at radius 1 is 1.13 bits per heavy atom. The maximum atomic E-state index is 7.91. The van der Waals surface area contributed by atoms with Crippen LogP contribution in [0.4, 0.5) is 0 Å². The number of nitrogens with zero attached hydrogens (tertiary/aromatic N) is 2. The molecule has 1 aromatic rings. The van der Waals surface area contributed by atoms with Crippen LogP contribution in [0, 0.1) is 5.41 Å². The molecule has 1 aliphatic heterocycles. The van der Waals surface area contributed by atoms with Crippen molar-refractivity contribution in [2.45, 2.75) is 11.8 Å². The highest BCUT2D eigenvalue weighted by atomic mass is 31.0. The number of nitrogens with one attached hydrogen (secondary N) is 1. The van der Waals surface area contributed by atoms with Gasteiger partial charge in [0.05, 0.1) is 11.8 Å². The van der Waals surface area contributed by atoms with Crippen molar-refractivity contribution in [2.75, 3.05) is 14.1 Å². The molecule has 0 aliphatic carbocycles.